The first-order valence-electron chi connectivity index (χ1n) is 8.07. The first-order chi connectivity index (χ1) is 10.0. The molecule has 0 aromatic heterocycles. The maximum atomic E-state index is 13.0. The monoisotopic (exact) mass is 307 g/mol. The van der Waals surface area contributed by atoms with E-state index in [1.165, 1.54) is 0 Å². The number of likely N-dealkylation sites (N-methyl/N-ethyl adjacent to an activating group) is 1. The quantitative estimate of drug-likeness (QED) is 0.775. The third kappa shape index (κ3) is 3.32. The van der Waals surface area contributed by atoms with Crippen LogP contribution in [0.1, 0.15) is 50.7 Å². The van der Waals surface area contributed by atoms with Gasteiger partial charge in [-0.15, -0.1) is 0 Å². The Balaban J connectivity index is 2.23. The number of rotatable bonds is 6. The number of nitrogens with zero attached hydrogens (tertiary/aromatic N) is 1. The van der Waals surface area contributed by atoms with Gasteiger partial charge in [-0.2, -0.15) is 0 Å². The molecule has 0 saturated heterocycles. The van der Waals surface area contributed by atoms with Crippen LogP contribution < -0.4 is 0 Å². The number of hydrogen-bond donors (Lipinski definition) is 0. The Morgan fingerprint density at radius 3 is 2.38 bits per heavy atom. The van der Waals surface area contributed by atoms with Crippen molar-refractivity contribution in [2.24, 2.45) is 0 Å². The molecule has 1 saturated carbocycles. The van der Waals surface area contributed by atoms with E-state index in [-0.39, 0.29) is 5.54 Å². The Morgan fingerprint density at radius 1 is 1.24 bits per heavy atom. The molecule has 21 heavy (non-hydrogen) atoms. The van der Waals surface area contributed by atoms with Gasteiger partial charge < -0.3 is 0 Å². The lowest BCUT2D eigenvalue weighted by Gasteiger charge is -2.39. The average molecular weight is 308 g/mol. The van der Waals surface area contributed by atoms with Gasteiger partial charge in [0.15, 0.2) is 5.78 Å². The number of carbonyl (C=O) groups excluding carboxylic acids is 1. The zero-order valence-corrected chi connectivity index (χ0v) is 14.2. The number of halogens is 1. The molecular formula is C18H26ClNO. The van der Waals surface area contributed by atoms with Gasteiger partial charge in [0.25, 0.3) is 0 Å². The minimum absolute atomic E-state index is 0.252. The van der Waals surface area contributed by atoms with E-state index in [4.69, 9.17) is 11.6 Å². The molecule has 1 aliphatic rings. The van der Waals surface area contributed by atoms with E-state index >= 15 is 0 Å². The lowest BCUT2D eigenvalue weighted by molar-refractivity contribution is -0.130. The number of ketones is 1. The Kier molecular flexibility index (Phi) is 5.45. The fourth-order valence-electron chi connectivity index (χ4n) is 3.69. The normalized spacial score (nSPS) is 17.4. The fraction of sp³-hybridized carbons (Fsp3) is 0.611. The lowest BCUT2D eigenvalue weighted by atomic mass is 9.86. The Hall–Kier alpha value is -0.860. The predicted molar refractivity (Wildman–Crippen MR) is 89.0 cm³/mol. The Labute approximate surface area is 133 Å². The van der Waals surface area contributed by atoms with E-state index in [1.54, 1.807) is 0 Å². The molecule has 0 heterocycles. The molecule has 2 rings (SSSR count). The van der Waals surface area contributed by atoms with Crippen LogP contribution in [0.5, 0.6) is 0 Å². The van der Waals surface area contributed by atoms with E-state index in [2.05, 4.69) is 18.7 Å². The summed E-state index contributed by atoms with van der Waals surface area (Å²) in [5.74, 6) is 0.342. The SMILES string of the molecule is CCN(CC)C1(C(=O)Cc2ccc(C)cc2Cl)CCCC1. The molecule has 0 radical (unpaired) electrons. The lowest BCUT2D eigenvalue weighted by Crippen LogP contribution is -2.53. The van der Waals surface area contributed by atoms with Crippen molar-refractivity contribution in [3.63, 3.8) is 0 Å². The van der Waals surface area contributed by atoms with Crippen LogP contribution in [0, 0.1) is 6.92 Å². The summed E-state index contributed by atoms with van der Waals surface area (Å²) in [6.45, 7) is 8.19. The molecule has 1 aliphatic carbocycles. The third-order valence-electron chi connectivity index (χ3n) is 4.88. The van der Waals surface area contributed by atoms with Crippen LogP contribution in [0.4, 0.5) is 0 Å². The van der Waals surface area contributed by atoms with E-state index in [1.807, 2.05) is 25.1 Å². The molecule has 1 aromatic carbocycles. The summed E-state index contributed by atoms with van der Waals surface area (Å²) in [5.41, 5.74) is 1.85. The summed E-state index contributed by atoms with van der Waals surface area (Å²) in [6, 6.07) is 5.98. The van der Waals surface area contributed by atoms with Crippen LogP contribution in [0.25, 0.3) is 0 Å². The van der Waals surface area contributed by atoms with Crippen molar-refractivity contribution in [3.05, 3.63) is 34.3 Å². The van der Waals surface area contributed by atoms with Crippen molar-refractivity contribution in [1.82, 2.24) is 4.90 Å². The Bertz CT molecular complexity index is 502. The summed E-state index contributed by atoms with van der Waals surface area (Å²) >= 11 is 6.31. The molecule has 1 aromatic rings. The summed E-state index contributed by atoms with van der Waals surface area (Å²) in [5, 5.41) is 0.719. The van der Waals surface area contributed by atoms with Crippen LogP contribution in [0.15, 0.2) is 18.2 Å². The van der Waals surface area contributed by atoms with Crippen molar-refractivity contribution in [2.45, 2.75) is 58.4 Å². The number of benzene rings is 1. The molecular weight excluding hydrogens is 282 g/mol. The highest BCUT2D eigenvalue weighted by molar-refractivity contribution is 6.31. The molecule has 0 spiro atoms. The number of hydrogen-bond acceptors (Lipinski definition) is 2. The van der Waals surface area contributed by atoms with E-state index in [9.17, 15) is 4.79 Å². The standard InChI is InChI=1S/C18H26ClNO/c1-4-20(5-2)18(10-6-7-11-18)17(21)13-15-9-8-14(3)12-16(15)19/h8-9,12H,4-7,10-11,13H2,1-3H3. The van der Waals surface area contributed by atoms with E-state index < -0.39 is 0 Å². The summed E-state index contributed by atoms with van der Waals surface area (Å²) in [7, 11) is 0. The molecule has 0 bridgehead atoms. The predicted octanol–water partition coefficient (Wildman–Crippen LogP) is 4.41. The molecule has 0 aliphatic heterocycles. The van der Waals surface area contributed by atoms with Gasteiger partial charge in [-0.3, -0.25) is 9.69 Å². The first kappa shape index (κ1) is 16.5. The van der Waals surface area contributed by atoms with Crippen LogP contribution in [0.2, 0.25) is 5.02 Å². The van der Waals surface area contributed by atoms with Gasteiger partial charge in [0.1, 0.15) is 0 Å². The van der Waals surface area contributed by atoms with Crippen molar-refractivity contribution in [2.75, 3.05) is 13.1 Å². The number of aryl methyl sites for hydroxylation is 1. The van der Waals surface area contributed by atoms with Crippen LogP contribution in [-0.4, -0.2) is 29.3 Å². The minimum Gasteiger partial charge on any atom is -0.297 e. The smallest absolute Gasteiger partial charge is 0.157 e. The van der Waals surface area contributed by atoms with Gasteiger partial charge in [-0.25, -0.2) is 0 Å². The van der Waals surface area contributed by atoms with Crippen LogP contribution in [-0.2, 0) is 11.2 Å². The van der Waals surface area contributed by atoms with Crippen molar-refractivity contribution in [3.8, 4) is 0 Å². The molecule has 3 heteroatoms. The van der Waals surface area contributed by atoms with Crippen LogP contribution in [0.3, 0.4) is 0 Å². The van der Waals surface area contributed by atoms with Crippen molar-refractivity contribution >= 4 is 17.4 Å². The van der Waals surface area contributed by atoms with Gasteiger partial charge in [0.05, 0.1) is 5.54 Å². The number of carbonyl (C=O) groups is 1. The average Bonchev–Trinajstić information content (AvgIpc) is 2.94. The molecule has 0 amide bonds. The molecule has 2 nitrogen and oxygen atoms in total. The zero-order chi connectivity index (χ0) is 15.5. The maximum absolute atomic E-state index is 13.0. The molecule has 0 N–H and O–H groups in total. The van der Waals surface area contributed by atoms with E-state index in [0.717, 1.165) is 54.9 Å². The highest BCUT2D eigenvalue weighted by Gasteiger charge is 2.44. The highest BCUT2D eigenvalue weighted by Crippen LogP contribution is 2.37. The summed E-state index contributed by atoms with van der Waals surface area (Å²) < 4.78 is 0. The molecule has 116 valence electrons. The first-order valence-corrected chi connectivity index (χ1v) is 8.44. The molecule has 0 unspecified atom stereocenters. The molecule has 1 fully saturated rings. The maximum Gasteiger partial charge on any atom is 0.157 e. The molecule has 0 atom stereocenters. The summed E-state index contributed by atoms with van der Waals surface area (Å²) in [4.78, 5) is 15.4. The van der Waals surface area contributed by atoms with Gasteiger partial charge in [0.2, 0.25) is 0 Å². The van der Waals surface area contributed by atoms with Gasteiger partial charge in [-0.05, 0) is 50.0 Å². The minimum atomic E-state index is -0.252. The van der Waals surface area contributed by atoms with Crippen molar-refractivity contribution in [1.29, 1.82) is 0 Å². The third-order valence-corrected chi connectivity index (χ3v) is 5.23. The van der Waals surface area contributed by atoms with E-state index in [0.29, 0.717) is 12.2 Å². The van der Waals surface area contributed by atoms with Crippen LogP contribution >= 0.6 is 11.6 Å². The topological polar surface area (TPSA) is 20.3 Å². The second kappa shape index (κ2) is 6.93. The number of Topliss-reactive ketones (excluding diaryl/α,β-unsaturated/α-hetero) is 1. The van der Waals surface area contributed by atoms with Gasteiger partial charge in [-0.1, -0.05) is 50.4 Å². The van der Waals surface area contributed by atoms with Gasteiger partial charge >= 0.3 is 0 Å². The largest absolute Gasteiger partial charge is 0.297 e. The fourth-order valence-corrected chi connectivity index (χ4v) is 4.00. The second-order valence-corrected chi connectivity index (χ2v) is 6.51. The zero-order valence-electron chi connectivity index (χ0n) is 13.4. The van der Waals surface area contributed by atoms with Gasteiger partial charge in [0, 0.05) is 11.4 Å². The second-order valence-electron chi connectivity index (χ2n) is 6.11. The summed E-state index contributed by atoms with van der Waals surface area (Å²) in [6.07, 6.45) is 4.76. The highest BCUT2D eigenvalue weighted by atomic mass is 35.5. The Morgan fingerprint density at radius 2 is 1.86 bits per heavy atom. The van der Waals surface area contributed by atoms with Crippen molar-refractivity contribution < 1.29 is 4.79 Å².